The summed E-state index contributed by atoms with van der Waals surface area (Å²) in [6.45, 7) is 5.03. The Morgan fingerprint density at radius 2 is 1.89 bits per heavy atom. The maximum Gasteiger partial charge on any atom is 0.320 e. The van der Waals surface area contributed by atoms with Gasteiger partial charge in [-0.25, -0.2) is 0 Å². The first-order valence-corrected chi connectivity index (χ1v) is 6.64. The average molecular weight is 328 g/mol. The summed E-state index contributed by atoms with van der Waals surface area (Å²) in [4.78, 5) is 25.6. The quantitative estimate of drug-likeness (QED) is 0.633. The minimum atomic E-state index is -1.21. The van der Waals surface area contributed by atoms with E-state index in [-0.39, 0.29) is 5.91 Å². The fourth-order valence-electron chi connectivity index (χ4n) is 1.82. The topological polar surface area (TPSA) is 46.6 Å². The van der Waals surface area contributed by atoms with Crippen LogP contribution in [0.3, 0.4) is 0 Å². The van der Waals surface area contributed by atoms with Crippen LogP contribution in [0.25, 0.3) is 0 Å². The lowest BCUT2D eigenvalue weighted by atomic mass is 9.91. The maximum absolute atomic E-state index is 12.4. The molecule has 0 N–H and O–H groups in total. The summed E-state index contributed by atoms with van der Waals surface area (Å²) in [5.41, 5.74) is 0.509. The second-order valence-electron chi connectivity index (χ2n) is 4.91. The Balaban J connectivity index is 3.13. The molecule has 0 bridgehead atoms. The van der Waals surface area contributed by atoms with Gasteiger partial charge in [0.25, 0.3) is 0 Å². The van der Waals surface area contributed by atoms with Crippen molar-refractivity contribution in [2.75, 3.05) is 19.1 Å². The molecule has 0 spiro atoms. The largest absolute Gasteiger partial charge is 0.468 e. The molecule has 0 saturated heterocycles. The van der Waals surface area contributed by atoms with Gasteiger partial charge in [-0.1, -0.05) is 22.0 Å². The number of ether oxygens (including phenoxy) is 1. The molecule has 0 radical (unpaired) electrons. The molecule has 19 heavy (non-hydrogen) atoms. The van der Waals surface area contributed by atoms with Gasteiger partial charge in [-0.05, 0) is 38.5 Å². The van der Waals surface area contributed by atoms with E-state index in [4.69, 9.17) is 0 Å². The number of anilines is 1. The smallest absolute Gasteiger partial charge is 0.320 e. The lowest BCUT2D eigenvalue weighted by molar-refractivity contribution is -0.155. The third-order valence-electron chi connectivity index (χ3n) is 3.07. The van der Waals surface area contributed by atoms with Crippen molar-refractivity contribution in [2.45, 2.75) is 20.8 Å². The molecule has 0 aliphatic heterocycles. The molecule has 0 saturated carbocycles. The first kappa shape index (κ1) is 15.7. The average Bonchev–Trinajstić information content (AvgIpc) is 2.38. The van der Waals surface area contributed by atoms with Crippen molar-refractivity contribution in [1.29, 1.82) is 0 Å². The zero-order valence-electron chi connectivity index (χ0n) is 11.8. The number of carbonyl (C=O) groups is 2. The summed E-state index contributed by atoms with van der Waals surface area (Å²) in [6, 6.07) is 5.66. The van der Waals surface area contributed by atoms with Crippen LogP contribution in [0.15, 0.2) is 22.7 Å². The normalized spacial score (nSPS) is 11.1. The Morgan fingerprint density at radius 3 is 2.42 bits per heavy atom. The summed E-state index contributed by atoms with van der Waals surface area (Å²) in [5, 5.41) is 0. The minimum absolute atomic E-state index is 0.305. The van der Waals surface area contributed by atoms with Gasteiger partial charge in [0.2, 0.25) is 5.91 Å². The van der Waals surface area contributed by atoms with Gasteiger partial charge < -0.3 is 9.64 Å². The zero-order chi connectivity index (χ0) is 14.8. The molecular formula is C14H18BrNO3. The number of halogens is 1. The second-order valence-corrected chi connectivity index (χ2v) is 5.83. The van der Waals surface area contributed by atoms with E-state index in [9.17, 15) is 9.59 Å². The van der Waals surface area contributed by atoms with Gasteiger partial charge in [0.15, 0.2) is 0 Å². The van der Waals surface area contributed by atoms with Crippen molar-refractivity contribution in [1.82, 2.24) is 0 Å². The highest BCUT2D eigenvalue weighted by atomic mass is 79.9. The highest BCUT2D eigenvalue weighted by molar-refractivity contribution is 9.10. The number of amides is 1. The molecule has 0 aromatic heterocycles. The van der Waals surface area contributed by atoms with Crippen LogP contribution < -0.4 is 4.90 Å². The van der Waals surface area contributed by atoms with Gasteiger partial charge in [-0.2, -0.15) is 0 Å². The third kappa shape index (κ3) is 3.15. The van der Waals surface area contributed by atoms with Crippen molar-refractivity contribution in [3.8, 4) is 0 Å². The Labute approximate surface area is 121 Å². The second kappa shape index (κ2) is 5.74. The van der Waals surface area contributed by atoms with Crippen LogP contribution in [0.5, 0.6) is 0 Å². The van der Waals surface area contributed by atoms with E-state index in [0.717, 1.165) is 15.7 Å². The number of hydrogen-bond acceptors (Lipinski definition) is 3. The van der Waals surface area contributed by atoms with Gasteiger partial charge >= 0.3 is 5.97 Å². The van der Waals surface area contributed by atoms with E-state index >= 15 is 0 Å². The molecule has 0 atom stereocenters. The van der Waals surface area contributed by atoms with E-state index in [0.29, 0.717) is 0 Å². The fraction of sp³-hybridized carbons (Fsp3) is 0.429. The van der Waals surface area contributed by atoms with E-state index in [2.05, 4.69) is 20.7 Å². The molecule has 0 fully saturated rings. The number of hydrogen-bond donors (Lipinski definition) is 0. The Hall–Kier alpha value is -1.36. The van der Waals surface area contributed by atoms with Crippen molar-refractivity contribution >= 4 is 33.5 Å². The third-order valence-corrected chi connectivity index (χ3v) is 3.56. The van der Waals surface area contributed by atoms with Crippen LogP contribution >= 0.6 is 15.9 Å². The van der Waals surface area contributed by atoms with E-state index in [1.807, 2.05) is 25.1 Å². The van der Waals surface area contributed by atoms with Crippen LogP contribution in [-0.2, 0) is 14.3 Å². The fourth-order valence-corrected chi connectivity index (χ4v) is 2.16. The molecule has 1 aromatic rings. The number of rotatable bonds is 3. The van der Waals surface area contributed by atoms with Crippen molar-refractivity contribution in [3.63, 3.8) is 0 Å². The molecule has 1 rings (SSSR count). The molecule has 5 heteroatoms. The summed E-state index contributed by atoms with van der Waals surface area (Å²) in [6.07, 6.45) is 0. The molecule has 1 amide bonds. The van der Waals surface area contributed by atoms with Crippen molar-refractivity contribution < 1.29 is 14.3 Å². The highest BCUT2D eigenvalue weighted by Gasteiger charge is 2.39. The van der Waals surface area contributed by atoms with Gasteiger partial charge in [0.1, 0.15) is 5.41 Å². The molecule has 1 aromatic carbocycles. The Morgan fingerprint density at radius 1 is 1.32 bits per heavy atom. The molecule has 0 aliphatic carbocycles. The van der Waals surface area contributed by atoms with Gasteiger partial charge in [-0.3, -0.25) is 9.59 Å². The standard InChI is InChI=1S/C14H18BrNO3/c1-9-6-7-10(15)8-11(9)16(4)12(17)14(2,3)13(18)19-5/h6-8H,1-5H3. The number of methoxy groups -OCH3 is 1. The molecule has 0 heterocycles. The summed E-state index contributed by atoms with van der Waals surface area (Å²) in [5.74, 6) is -0.849. The SMILES string of the molecule is COC(=O)C(C)(C)C(=O)N(C)c1cc(Br)ccc1C. The van der Waals surface area contributed by atoms with Crippen LogP contribution in [-0.4, -0.2) is 26.0 Å². The number of esters is 1. The van der Waals surface area contributed by atoms with Crippen LogP contribution in [0.1, 0.15) is 19.4 Å². The van der Waals surface area contributed by atoms with E-state index in [1.165, 1.54) is 12.0 Å². The Kier molecular flexibility index (Phi) is 4.74. The van der Waals surface area contributed by atoms with Crippen LogP contribution in [0.2, 0.25) is 0 Å². The summed E-state index contributed by atoms with van der Waals surface area (Å²) in [7, 11) is 2.93. The first-order valence-electron chi connectivity index (χ1n) is 5.84. The summed E-state index contributed by atoms with van der Waals surface area (Å²) < 4.78 is 5.56. The predicted octanol–water partition coefficient (Wildman–Crippen LogP) is 2.92. The highest BCUT2D eigenvalue weighted by Crippen LogP contribution is 2.28. The number of nitrogens with zero attached hydrogens (tertiary/aromatic N) is 1. The first-order chi connectivity index (χ1) is 8.71. The molecule has 0 unspecified atom stereocenters. The predicted molar refractivity (Wildman–Crippen MR) is 78.1 cm³/mol. The maximum atomic E-state index is 12.4. The van der Waals surface area contributed by atoms with Crippen molar-refractivity contribution in [3.05, 3.63) is 28.2 Å². The number of aryl methyl sites for hydroxylation is 1. The van der Waals surface area contributed by atoms with E-state index < -0.39 is 11.4 Å². The molecule has 4 nitrogen and oxygen atoms in total. The summed E-state index contributed by atoms with van der Waals surface area (Å²) >= 11 is 3.38. The van der Waals surface area contributed by atoms with Crippen molar-refractivity contribution in [2.24, 2.45) is 5.41 Å². The number of carbonyl (C=O) groups excluding carboxylic acids is 2. The lowest BCUT2D eigenvalue weighted by Crippen LogP contribution is -2.44. The lowest BCUT2D eigenvalue weighted by Gasteiger charge is -2.28. The monoisotopic (exact) mass is 327 g/mol. The van der Waals surface area contributed by atoms with Gasteiger partial charge in [-0.15, -0.1) is 0 Å². The zero-order valence-corrected chi connectivity index (χ0v) is 13.4. The van der Waals surface area contributed by atoms with Crippen LogP contribution in [0.4, 0.5) is 5.69 Å². The number of benzene rings is 1. The van der Waals surface area contributed by atoms with Gasteiger partial charge in [0.05, 0.1) is 7.11 Å². The molecule has 104 valence electrons. The van der Waals surface area contributed by atoms with Crippen LogP contribution in [0, 0.1) is 12.3 Å². The molecule has 0 aliphatic rings. The molecular weight excluding hydrogens is 310 g/mol. The Bertz CT molecular complexity index is 511. The minimum Gasteiger partial charge on any atom is -0.468 e. The van der Waals surface area contributed by atoms with E-state index in [1.54, 1.807) is 20.9 Å². The van der Waals surface area contributed by atoms with Gasteiger partial charge in [0, 0.05) is 17.2 Å².